The summed E-state index contributed by atoms with van der Waals surface area (Å²) in [5, 5.41) is 0.477. The molecule has 9 heteroatoms. The van der Waals surface area contributed by atoms with Crippen molar-refractivity contribution in [2.24, 2.45) is 0 Å². The third kappa shape index (κ3) is 3.46. The molecule has 2 aromatic rings. The molecule has 0 aliphatic carbocycles. The molecule has 0 N–H and O–H groups in total. The number of amides is 1. The van der Waals surface area contributed by atoms with Gasteiger partial charge in [-0.05, 0) is 32.4 Å². The number of fused-ring (bicyclic) bond motifs is 1. The molecule has 5 heterocycles. The van der Waals surface area contributed by atoms with Gasteiger partial charge >= 0.3 is 6.09 Å². The van der Waals surface area contributed by atoms with Crippen LogP contribution in [0.3, 0.4) is 0 Å². The number of nitrogens with zero attached hydrogens (tertiary/aromatic N) is 6. The van der Waals surface area contributed by atoms with E-state index in [2.05, 4.69) is 24.8 Å². The highest BCUT2D eigenvalue weighted by atomic mass is 35.5. The first-order valence-electron chi connectivity index (χ1n) is 9.92. The minimum absolute atomic E-state index is 0.124. The van der Waals surface area contributed by atoms with Gasteiger partial charge in [-0.3, -0.25) is 4.90 Å². The van der Waals surface area contributed by atoms with Crippen molar-refractivity contribution in [1.82, 2.24) is 19.9 Å². The standard InChI is InChI=1S/C20H23ClN6O2/c1-12-6-14(7-18(21)22-12)26-8-15(9-26)29-20(28)27-10-16-17(11-27)23-13(2)24-19(16)25-4-3-5-25/h6-7,15H,3-5,8-11H2,1-2H3. The number of rotatable bonds is 3. The molecule has 0 saturated carbocycles. The smallest absolute Gasteiger partial charge is 0.410 e. The van der Waals surface area contributed by atoms with E-state index in [1.165, 1.54) is 6.42 Å². The van der Waals surface area contributed by atoms with E-state index in [0.717, 1.165) is 47.4 Å². The van der Waals surface area contributed by atoms with Crippen molar-refractivity contribution in [1.29, 1.82) is 0 Å². The first-order chi connectivity index (χ1) is 14.0. The Hall–Kier alpha value is -2.61. The van der Waals surface area contributed by atoms with Gasteiger partial charge in [0.2, 0.25) is 0 Å². The molecule has 0 atom stereocenters. The second-order valence-corrected chi connectivity index (χ2v) is 8.30. The van der Waals surface area contributed by atoms with Gasteiger partial charge in [0.15, 0.2) is 0 Å². The Balaban J connectivity index is 1.20. The van der Waals surface area contributed by atoms with Crippen LogP contribution in [0.15, 0.2) is 12.1 Å². The van der Waals surface area contributed by atoms with Crippen LogP contribution in [0, 0.1) is 13.8 Å². The SMILES string of the molecule is Cc1cc(N2CC(OC(=O)N3Cc4nc(C)nc(N5CCC5)c4C3)C2)cc(Cl)n1. The number of halogens is 1. The van der Waals surface area contributed by atoms with E-state index < -0.39 is 0 Å². The Morgan fingerprint density at radius 1 is 1.10 bits per heavy atom. The molecule has 2 fully saturated rings. The summed E-state index contributed by atoms with van der Waals surface area (Å²) in [5.41, 5.74) is 3.88. The highest BCUT2D eigenvalue weighted by Crippen LogP contribution is 2.32. The summed E-state index contributed by atoms with van der Waals surface area (Å²) in [6, 6.07) is 3.82. The number of pyridine rings is 1. The molecular formula is C20H23ClN6O2. The predicted molar refractivity (Wildman–Crippen MR) is 109 cm³/mol. The maximum atomic E-state index is 12.7. The monoisotopic (exact) mass is 414 g/mol. The zero-order valence-electron chi connectivity index (χ0n) is 16.6. The summed E-state index contributed by atoms with van der Waals surface area (Å²) < 4.78 is 5.72. The lowest BCUT2D eigenvalue weighted by Gasteiger charge is -2.40. The molecule has 29 heavy (non-hydrogen) atoms. The minimum Gasteiger partial charge on any atom is -0.442 e. The molecule has 0 radical (unpaired) electrons. The van der Waals surface area contributed by atoms with Gasteiger partial charge in [0.05, 0.1) is 31.9 Å². The van der Waals surface area contributed by atoms with Crippen molar-refractivity contribution < 1.29 is 9.53 Å². The van der Waals surface area contributed by atoms with E-state index in [1.54, 1.807) is 4.90 Å². The quantitative estimate of drug-likeness (QED) is 0.715. The second kappa shape index (κ2) is 7.02. The van der Waals surface area contributed by atoms with Crippen LogP contribution in [0.4, 0.5) is 16.3 Å². The zero-order chi connectivity index (χ0) is 20.1. The number of ether oxygens (including phenoxy) is 1. The summed E-state index contributed by atoms with van der Waals surface area (Å²) in [7, 11) is 0. The molecule has 1 amide bonds. The first-order valence-corrected chi connectivity index (χ1v) is 10.3. The maximum Gasteiger partial charge on any atom is 0.410 e. The van der Waals surface area contributed by atoms with Crippen molar-refractivity contribution in [3.8, 4) is 0 Å². The van der Waals surface area contributed by atoms with Gasteiger partial charge in [-0.2, -0.15) is 0 Å². The number of carbonyl (C=O) groups is 1. The highest BCUT2D eigenvalue weighted by Gasteiger charge is 2.36. The van der Waals surface area contributed by atoms with Gasteiger partial charge < -0.3 is 14.5 Å². The van der Waals surface area contributed by atoms with Crippen molar-refractivity contribution in [2.75, 3.05) is 36.0 Å². The third-order valence-electron chi connectivity index (χ3n) is 5.67. The van der Waals surface area contributed by atoms with Crippen LogP contribution in [-0.4, -0.2) is 58.2 Å². The fraction of sp³-hybridized carbons (Fsp3) is 0.500. The van der Waals surface area contributed by atoms with Crippen molar-refractivity contribution in [3.05, 3.63) is 40.1 Å². The molecule has 3 aliphatic rings. The molecule has 0 unspecified atom stereocenters. The van der Waals surface area contributed by atoms with Gasteiger partial charge in [-0.25, -0.2) is 19.7 Å². The average Bonchev–Trinajstić information content (AvgIpc) is 2.99. The van der Waals surface area contributed by atoms with Crippen LogP contribution in [-0.2, 0) is 17.8 Å². The highest BCUT2D eigenvalue weighted by molar-refractivity contribution is 6.29. The van der Waals surface area contributed by atoms with Gasteiger partial charge in [0.25, 0.3) is 0 Å². The number of hydrogen-bond donors (Lipinski definition) is 0. The van der Waals surface area contributed by atoms with Crippen molar-refractivity contribution >= 4 is 29.2 Å². The normalized spacial score (nSPS) is 18.4. The van der Waals surface area contributed by atoms with Gasteiger partial charge in [0, 0.05) is 30.0 Å². The largest absolute Gasteiger partial charge is 0.442 e. The van der Waals surface area contributed by atoms with E-state index >= 15 is 0 Å². The lowest BCUT2D eigenvalue weighted by atomic mass is 10.1. The number of hydrogen-bond acceptors (Lipinski definition) is 7. The summed E-state index contributed by atoms with van der Waals surface area (Å²) in [4.78, 5) is 32.2. The lowest BCUT2D eigenvalue weighted by molar-refractivity contribution is 0.0490. The van der Waals surface area contributed by atoms with Crippen LogP contribution in [0.5, 0.6) is 0 Å². The molecule has 152 valence electrons. The van der Waals surface area contributed by atoms with E-state index in [1.807, 2.05) is 26.0 Å². The summed E-state index contributed by atoms with van der Waals surface area (Å²) >= 11 is 6.04. The molecule has 3 aliphatic heterocycles. The molecular weight excluding hydrogens is 392 g/mol. The average molecular weight is 415 g/mol. The van der Waals surface area contributed by atoms with Crippen molar-refractivity contribution in [2.45, 2.75) is 39.5 Å². The molecule has 2 saturated heterocycles. The van der Waals surface area contributed by atoms with Gasteiger partial charge in [-0.15, -0.1) is 0 Å². The van der Waals surface area contributed by atoms with Gasteiger partial charge in [0.1, 0.15) is 22.9 Å². The molecule has 0 spiro atoms. The van der Waals surface area contributed by atoms with Crippen LogP contribution < -0.4 is 9.80 Å². The molecule has 2 aromatic heterocycles. The number of anilines is 2. The zero-order valence-corrected chi connectivity index (χ0v) is 17.3. The minimum atomic E-state index is -0.288. The van der Waals surface area contributed by atoms with E-state index in [0.29, 0.717) is 31.3 Å². The summed E-state index contributed by atoms with van der Waals surface area (Å²) in [6.07, 6.45) is 0.772. The Kier molecular flexibility index (Phi) is 4.46. The van der Waals surface area contributed by atoms with Gasteiger partial charge in [-0.1, -0.05) is 11.6 Å². The van der Waals surface area contributed by atoms with Crippen LogP contribution in [0.2, 0.25) is 5.15 Å². The lowest BCUT2D eigenvalue weighted by Crippen LogP contribution is -2.54. The molecule has 0 aromatic carbocycles. The molecule has 8 nitrogen and oxygen atoms in total. The molecule has 0 bridgehead atoms. The summed E-state index contributed by atoms with van der Waals surface area (Å²) in [5.74, 6) is 1.73. The van der Waals surface area contributed by atoms with Crippen LogP contribution in [0.1, 0.15) is 29.2 Å². The molecule has 5 rings (SSSR count). The fourth-order valence-corrected chi connectivity index (χ4v) is 4.26. The van der Waals surface area contributed by atoms with Crippen LogP contribution in [0.25, 0.3) is 0 Å². The third-order valence-corrected chi connectivity index (χ3v) is 5.87. The Bertz CT molecular complexity index is 953. The maximum absolute atomic E-state index is 12.7. The Morgan fingerprint density at radius 2 is 1.90 bits per heavy atom. The second-order valence-electron chi connectivity index (χ2n) is 7.92. The first kappa shape index (κ1) is 18.4. The summed E-state index contributed by atoms with van der Waals surface area (Å²) in [6.45, 7) is 8.16. The van der Waals surface area contributed by atoms with Crippen LogP contribution >= 0.6 is 11.6 Å². The fourth-order valence-electron chi connectivity index (χ4n) is 4.01. The van der Waals surface area contributed by atoms with Crippen molar-refractivity contribution in [3.63, 3.8) is 0 Å². The van der Waals surface area contributed by atoms with E-state index in [4.69, 9.17) is 16.3 Å². The van der Waals surface area contributed by atoms with E-state index in [-0.39, 0.29) is 12.2 Å². The topological polar surface area (TPSA) is 74.7 Å². The number of aromatic nitrogens is 3. The predicted octanol–water partition coefficient (Wildman–Crippen LogP) is 2.69. The number of carbonyl (C=O) groups excluding carboxylic acids is 1. The van der Waals surface area contributed by atoms with E-state index in [9.17, 15) is 4.79 Å². The number of aryl methyl sites for hydroxylation is 2. The Labute approximate surface area is 174 Å². The Morgan fingerprint density at radius 3 is 2.59 bits per heavy atom.